The predicted octanol–water partition coefficient (Wildman–Crippen LogP) is 0.635. The van der Waals surface area contributed by atoms with Gasteiger partial charge in [0.05, 0.1) is 37.6 Å². The lowest BCUT2D eigenvalue weighted by Crippen LogP contribution is -2.52. The zero-order valence-electron chi connectivity index (χ0n) is 14.3. The summed E-state index contributed by atoms with van der Waals surface area (Å²) >= 11 is 5.37. The number of thiocarbonyl (C=S) groups is 1. The highest BCUT2D eigenvalue weighted by Gasteiger charge is 2.24. The van der Waals surface area contributed by atoms with Crippen molar-refractivity contribution < 1.29 is 20.1 Å². The fourth-order valence-corrected chi connectivity index (χ4v) is 3.05. The predicted molar refractivity (Wildman–Crippen MR) is 94.4 cm³/mol. The molecule has 0 aliphatic carbocycles. The number of hydrogen-bond donors (Lipinski definition) is 4. The summed E-state index contributed by atoms with van der Waals surface area (Å²) in [5.74, 6) is 0. The van der Waals surface area contributed by atoms with Gasteiger partial charge in [-0.15, -0.1) is 0 Å². The van der Waals surface area contributed by atoms with E-state index in [2.05, 4.69) is 10.2 Å². The first-order valence-corrected chi connectivity index (χ1v) is 9.02. The third-order valence-electron chi connectivity index (χ3n) is 4.14. The molecule has 0 aromatic carbocycles. The molecule has 4 N–H and O–H groups in total. The second kappa shape index (κ2) is 11.1. The van der Waals surface area contributed by atoms with E-state index < -0.39 is 12.1 Å². The van der Waals surface area contributed by atoms with Gasteiger partial charge < -0.3 is 30.3 Å². The number of hydrogen-bond acceptors (Lipinski definition) is 5. The van der Waals surface area contributed by atoms with Crippen LogP contribution < -0.4 is 5.32 Å². The Morgan fingerprint density at radius 3 is 2.52 bits per heavy atom. The highest BCUT2D eigenvalue weighted by Crippen LogP contribution is 2.11. The van der Waals surface area contributed by atoms with E-state index in [9.17, 15) is 15.3 Å². The molecule has 0 radical (unpaired) electrons. The lowest BCUT2D eigenvalue weighted by molar-refractivity contribution is -0.0174. The smallest absolute Gasteiger partial charge is 0.169 e. The quantitative estimate of drug-likeness (QED) is 0.431. The molecule has 23 heavy (non-hydrogen) atoms. The molecule has 1 saturated heterocycles. The van der Waals surface area contributed by atoms with Gasteiger partial charge in [0.2, 0.25) is 0 Å². The van der Waals surface area contributed by atoms with Crippen LogP contribution in [0.5, 0.6) is 0 Å². The maximum atomic E-state index is 9.97. The Kier molecular flexibility index (Phi) is 9.97. The largest absolute Gasteiger partial charge is 0.394 e. The van der Waals surface area contributed by atoms with E-state index >= 15 is 0 Å². The number of aliphatic hydroxyl groups excluding tert-OH is 3. The van der Waals surface area contributed by atoms with Gasteiger partial charge in [0.1, 0.15) is 0 Å². The molecule has 1 fully saturated rings. The second-order valence-electron chi connectivity index (χ2n) is 6.32. The highest BCUT2D eigenvalue weighted by molar-refractivity contribution is 7.80. The van der Waals surface area contributed by atoms with Crippen molar-refractivity contribution in [1.29, 1.82) is 0 Å². The number of rotatable bonds is 10. The molecule has 0 spiro atoms. The van der Waals surface area contributed by atoms with E-state index in [1.165, 1.54) is 0 Å². The Labute approximate surface area is 144 Å². The third kappa shape index (κ3) is 7.76. The molecule has 7 heteroatoms. The molecular formula is C16H32N2O4S. The van der Waals surface area contributed by atoms with Crippen molar-refractivity contribution in [2.75, 3.05) is 26.3 Å². The molecule has 4 atom stereocenters. The fraction of sp³-hybridized carbons (Fsp3) is 0.938. The Morgan fingerprint density at radius 1 is 1.30 bits per heavy atom. The van der Waals surface area contributed by atoms with Gasteiger partial charge in [-0.2, -0.15) is 0 Å². The summed E-state index contributed by atoms with van der Waals surface area (Å²) in [5, 5.41) is 32.7. The first-order chi connectivity index (χ1) is 11.0. The average molecular weight is 349 g/mol. The van der Waals surface area contributed by atoms with Crippen LogP contribution in [0.4, 0.5) is 0 Å². The minimum absolute atomic E-state index is 0.118. The number of nitrogens with zero attached hydrogens (tertiary/aromatic N) is 1. The summed E-state index contributed by atoms with van der Waals surface area (Å²) in [5.41, 5.74) is 0. The number of likely N-dealkylation sites (tertiary alicyclic amines) is 1. The van der Waals surface area contributed by atoms with Crippen molar-refractivity contribution in [3.05, 3.63) is 0 Å². The van der Waals surface area contributed by atoms with Crippen LogP contribution in [0.1, 0.15) is 46.0 Å². The van der Waals surface area contributed by atoms with Crippen molar-refractivity contribution in [1.82, 2.24) is 10.2 Å². The summed E-state index contributed by atoms with van der Waals surface area (Å²) in [6.07, 6.45) is 3.08. The molecule has 1 aliphatic heterocycles. The molecule has 1 rings (SSSR count). The van der Waals surface area contributed by atoms with Crippen LogP contribution in [0.3, 0.4) is 0 Å². The summed E-state index contributed by atoms with van der Waals surface area (Å²) in [7, 11) is 0. The van der Waals surface area contributed by atoms with E-state index in [0.29, 0.717) is 11.5 Å². The van der Waals surface area contributed by atoms with Gasteiger partial charge in [0, 0.05) is 13.1 Å². The van der Waals surface area contributed by atoms with Crippen LogP contribution in [0, 0.1) is 0 Å². The van der Waals surface area contributed by atoms with E-state index in [-0.39, 0.29) is 25.4 Å². The van der Waals surface area contributed by atoms with Crippen LogP contribution in [0.15, 0.2) is 0 Å². The molecule has 0 aromatic heterocycles. The lowest BCUT2D eigenvalue weighted by Gasteiger charge is -2.29. The first kappa shape index (κ1) is 20.6. The summed E-state index contributed by atoms with van der Waals surface area (Å²) in [4.78, 5) is 2.07. The average Bonchev–Trinajstić information content (AvgIpc) is 3.05. The minimum Gasteiger partial charge on any atom is -0.394 e. The van der Waals surface area contributed by atoms with Crippen molar-refractivity contribution in [2.24, 2.45) is 0 Å². The van der Waals surface area contributed by atoms with Gasteiger partial charge in [0.25, 0.3) is 0 Å². The summed E-state index contributed by atoms with van der Waals surface area (Å²) in [6.45, 7) is 5.67. The van der Waals surface area contributed by atoms with E-state index in [1.54, 1.807) is 0 Å². The maximum Gasteiger partial charge on any atom is 0.169 e. The van der Waals surface area contributed by atoms with Crippen LogP contribution in [0.2, 0.25) is 0 Å². The van der Waals surface area contributed by atoms with Gasteiger partial charge in [-0.1, -0.05) is 13.3 Å². The Bertz CT molecular complexity index is 340. The Balaban J connectivity index is 2.42. The van der Waals surface area contributed by atoms with Gasteiger partial charge in [-0.3, -0.25) is 0 Å². The van der Waals surface area contributed by atoms with Gasteiger partial charge >= 0.3 is 0 Å². The standard InChI is InChI=1S/C16H32N2O4S/c1-3-6-13(20)9-12(2)22-11-14(15(21)10-19)17-16(23)18-7-4-5-8-18/h12-15,19-21H,3-11H2,1-2H3,(H,17,23)/t12?,13-,14?,15-/m0/s1. The van der Waals surface area contributed by atoms with Crippen molar-refractivity contribution in [2.45, 2.75) is 70.3 Å². The van der Waals surface area contributed by atoms with E-state index in [1.807, 2.05) is 13.8 Å². The third-order valence-corrected chi connectivity index (χ3v) is 4.52. The topological polar surface area (TPSA) is 85.2 Å². The molecule has 0 amide bonds. The second-order valence-corrected chi connectivity index (χ2v) is 6.71. The first-order valence-electron chi connectivity index (χ1n) is 8.61. The molecule has 0 aromatic rings. The SMILES string of the molecule is CCC[C@H](O)CC(C)OCC(NC(=S)N1CCCC1)[C@@H](O)CO. The zero-order valence-corrected chi connectivity index (χ0v) is 15.1. The molecule has 1 heterocycles. The van der Waals surface area contributed by atoms with E-state index in [4.69, 9.17) is 17.0 Å². The van der Waals surface area contributed by atoms with Crippen LogP contribution in [-0.2, 0) is 4.74 Å². The molecule has 0 saturated carbocycles. The Hall–Kier alpha value is -0.470. The summed E-state index contributed by atoms with van der Waals surface area (Å²) in [6, 6.07) is -0.459. The van der Waals surface area contributed by atoms with Crippen molar-refractivity contribution >= 4 is 17.3 Å². The molecule has 2 unspecified atom stereocenters. The maximum absolute atomic E-state index is 9.97. The van der Waals surface area contributed by atoms with Crippen molar-refractivity contribution in [3.8, 4) is 0 Å². The minimum atomic E-state index is -0.941. The molecule has 6 nitrogen and oxygen atoms in total. The van der Waals surface area contributed by atoms with Crippen LogP contribution in [-0.4, -0.2) is 76.0 Å². The zero-order chi connectivity index (χ0) is 17.2. The van der Waals surface area contributed by atoms with E-state index in [0.717, 1.165) is 38.8 Å². The fourth-order valence-electron chi connectivity index (χ4n) is 2.72. The lowest BCUT2D eigenvalue weighted by atomic mass is 10.1. The molecule has 136 valence electrons. The monoisotopic (exact) mass is 348 g/mol. The Morgan fingerprint density at radius 2 is 1.96 bits per heavy atom. The van der Waals surface area contributed by atoms with Gasteiger partial charge in [0.15, 0.2) is 5.11 Å². The van der Waals surface area contributed by atoms with Gasteiger partial charge in [-0.25, -0.2) is 0 Å². The molecule has 0 bridgehead atoms. The number of aliphatic hydroxyl groups is 3. The normalized spacial score (nSPS) is 20.1. The van der Waals surface area contributed by atoms with Crippen LogP contribution in [0.25, 0.3) is 0 Å². The molecule has 1 aliphatic rings. The summed E-state index contributed by atoms with van der Waals surface area (Å²) < 4.78 is 5.74. The number of ether oxygens (including phenoxy) is 1. The van der Waals surface area contributed by atoms with Crippen LogP contribution >= 0.6 is 12.2 Å². The van der Waals surface area contributed by atoms with Gasteiger partial charge in [-0.05, 0) is 44.8 Å². The van der Waals surface area contributed by atoms with Crippen molar-refractivity contribution in [3.63, 3.8) is 0 Å². The highest BCUT2D eigenvalue weighted by atomic mass is 32.1. The number of nitrogens with one attached hydrogen (secondary N) is 1. The molecular weight excluding hydrogens is 316 g/mol.